The number of nitrogens with one attached hydrogen (secondary N) is 1. The second-order valence-corrected chi connectivity index (χ2v) is 3.94. The van der Waals surface area contributed by atoms with Gasteiger partial charge in [-0.3, -0.25) is 10.1 Å². The summed E-state index contributed by atoms with van der Waals surface area (Å²) in [5.74, 6) is -1.21. The van der Waals surface area contributed by atoms with Gasteiger partial charge in [0.05, 0.1) is 16.6 Å². The van der Waals surface area contributed by atoms with Crippen LogP contribution in [-0.4, -0.2) is 35.3 Å². The summed E-state index contributed by atoms with van der Waals surface area (Å²) in [6.45, 7) is 4.70. The van der Waals surface area contributed by atoms with Crippen LogP contribution in [0.3, 0.4) is 0 Å². The molecule has 0 aliphatic heterocycles. The van der Waals surface area contributed by atoms with E-state index in [4.69, 9.17) is 9.84 Å². The van der Waals surface area contributed by atoms with Crippen molar-refractivity contribution < 1.29 is 19.6 Å². The van der Waals surface area contributed by atoms with Gasteiger partial charge in [-0.2, -0.15) is 0 Å². The average molecular weight is 268 g/mol. The van der Waals surface area contributed by atoms with Crippen LogP contribution in [0.1, 0.15) is 24.2 Å². The molecule has 1 aromatic rings. The Balaban J connectivity index is 2.88. The quantitative estimate of drug-likeness (QED) is 0.580. The Hall–Kier alpha value is -2.15. The number of nitrogens with zero attached hydrogens (tertiary/aromatic N) is 1. The maximum atomic E-state index is 11.1. The summed E-state index contributed by atoms with van der Waals surface area (Å²) >= 11 is 0. The van der Waals surface area contributed by atoms with Gasteiger partial charge in [-0.05, 0) is 19.9 Å². The molecule has 1 atom stereocenters. The summed E-state index contributed by atoms with van der Waals surface area (Å²) < 4.78 is 5.31. The number of carboxylic acids is 1. The number of carboxylic acid groups (broad SMARTS) is 1. The van der Waals surface area contributed by atoms with E-state index in [1.165, 1.54) is 12.1 Å². The molecule has 0 aliphatic rings. The monoisotopic (exact) mass is 268 g/mol. The van der Waals surface area contributed by atoms with Gasteiger partial charge < -0.3 is 15.2 Å². The number of ether oxygens (including phenoxy) is 1. The molecule has 0 radical (unpaired) electrons. The average Bonchev–Trinajstić information content (AvgIpc) is 2.36. The van der Waals surface area contributed by atoms with Crippen molar-refractivity contribution in [2.75, 3.05) is 18.5 Å². The number of carbonyl (C=O) groups is 1. The molecule has 0 saturated heterocycles. The fourth-order valence-electron chi connectivity index (χ4n) is 1.57. The Labute approximate surface area is 110 Å². The zero-order chi connectivity index (χ0) is 14.4. The summed E-state index contributed by atoms with van der Waals surface area (Å²) in [6.07, 6.45) is -0.0816. The molecule has 7 heteroatoms. The van der Waals surface area contributed by atoms with E-state index in [1.807, 2.05) is 13.8 Å². The van der Waals surface area contributed by atoms with Gasteiger partial charge in [-0.1, -0.05) is 0 Å². The Morgan fingerprint density at radius 3 is 2.79 bits per heavy atom. The van der Waals surface area contributed by atoms with Gasteiger partial charge in [0.1, 0.15) is 0 Å². The van der Waals surface area contributed by atoms with Crippen LogP contribution in [0.4, 0.5) is 11.4 Å². The minimum absolute atomic E-state index is 0.0816. The molecule has 0 aliphatic carbocycles. The number of non-ortho nitro benzene ring substituents is 1. The van der Waals surface area contributed by atoms with E-state index in [0.717, 1.165) is 6.07 Å². The van der Waals surface area contributed by atoms with Crippen molar-refractivity contribution in [1.82, 2.24) is 0 Å². The summed E-state index contributed by atoms with van der Waals surface area (Å²) in [6, 6.07) is 3.69. The largest absolute Gasteiger partial charge is 0.478 e. The van der Waals surface area contributed by atoms with Crippen LogP contribution in [-0.2, 0) is 4.74 Å². The first-order valence-electron chi connectivity index (χ1n) is 5.83. The fourth-order valence-corrected chi connectivity index (χ4v) is 1.57. The van der Waals surface area contributed by atoms with E-state index >= 15 is 0 Å². The third kappa shape index (κ3) is 4.22. The van der Waals surface area contributed by atoms with Crippen molar-refractivity contribution in [3.63, 3.8) is 0 Å². The van der Waals surface area contributed by atoms with Gasteiger partial charge in [-0.25, -0.2) is 4.79 Å². The Morgan fingerprint density at radius 2 is 2.26 bits per heavy atom. The molecule has 0 aromatic heterocycles. The van der Waals surface area contributed by atoms with Gasteiger partial charge in [0.2, 0.25) is 0 Å². The molecule has 1 rings (SSSR count). The lowest BCUT2D eigenvalue weighted by Crippen LogP contribution is -2.20. The van der Waals surface area contributed by atoms with E-state index in [2.05, 4.69) is 5.32 Å². The van der Waals surface area contributed by atoms with Crippen molar-refractivity contribution in [3.05, 3.63) is 33.9 Å². The van der Waals surface area contributed by atoms with Gasteiger partial charge in [-0.15, -0.1) is 0 Å². The molecule has 7 nitrogen and oxygen atoms in total. The smallest absolute Gasteiger partial charge is 0.338 e. The number of nitro benzene ring substituents is 1. The van der Waals surface area contributed by atoms with Crippen LogP contribution in [0.2, 0.25) is 0 Å². The molecule has 19 heavy (non-hydrogen) atoms. The molecule has 104 valence electrons. The summed E-state index contributed by atoms with van der Waals surface area (Å²) in [7, 11) is 0. The van der Waals surface area contributed by atoms with E-state index in [1.54, 1.807) is 0 Å². The molecule has 0 heterocycles. The van der Waals surface area contributed by atoms with Crippen molar-refractivity contribution in [1.29, 1.82) is 0 Å². The minimum atomic E-state index is -1.21. The molecule has 1 unspecified atom stereocenters. The molecule has 0 saturated carbocycles. The highest BCUT2D eigenvalue weighted by molar-refractivity contribution is 5.95. The molecule has 0 amide bonds. The molecular weight excluding hydrogens is 252 g/mol. The van der Waals surface area contributed by atoms with Crippen LogP contribution >= 0.6 is 0 Å². The van der Waals surface area contributed by atoms with E-state index in [-0.39, 0.29) is 17.4 Å². The lowest BCUT2D eigenvalue weighted by molar-refractivity contribution is -0.384. The first-order valence-corrected chi connectivity index (χ1v) is 5.83. The Morgan fingerprint density at radius 1 is 1.58 bits per heavy atom. The van der Waals surface area contributed by atoms with Crippen molar-refractivity contribution in [2.45, 2.75) is 20.0 Å². The van der Waals surface area contributed by atoms with Gasteiger partial charge in [0.25, 0.3) is 5.69 Å². The van der Waals surface area contributed by atoms with Crippen LogP contribution in [0, 0.1) is 10.1 Å². The number of nitro groups is 1. The lowest BCUT2D eigenvalue weighted by atomic mass is 10.1. The first-order chi connectivity index (χ1) is 8.95. The van der Waals surface area contributed by atoms with Crippen molar-refractivity contribution >= 4 is 17.3 Å². The molecule has 2 N–H and O–H groups in total. The van der Waals surface area contributed by atoms with Crippen molar-refractivity contribution in [2.24, 2.45) is 0 Å². The third-order valence-electron chi connectivity index (χ3n) is 2.48. The topological polar surface area (TPSA) is 102 Å². The highest BCUT2D eigenvalue weighted by atomic mass is 16.6. The molecule has 0 spiro atoms. The minimum Gasteiger partial charge on any atom is -0.478 e. The maximum Gasteiger partial charge on any atom is 0.338 e. The van der Waals surface area contributed by atoms with Crippen LogP contribution < -0.4 is 5.32 Å². The second-order valence-electron chi connectivity index (χ2n) is 3.94. The maximum absolute atomic E-state index is 11.1. The van der Waals surface area contributed by atoms with E-state index in [9.17, 15) is 14.9 Å². The zero-order valence-electron chi connectivity index (χ0n) is 10.8. The predicted molar refractivity (Wildman–Crippen MR) is 69.6 cm³/mol. The van der Waals surface area contributed by atoms with E-state index < -0.39 is 10.9 Å². The number of hydrogen-bond donors (Lipinski definition) is 2. The molecule has 1 aromatic carbocycles. The van der Waals surface area contributed by atoms with Gasteiger partial charge in [0, 0.05) is 31.0 Å². The fraction of sp³-hybridized carbons (Fsp3) is 0.417. The van der Waals surface area contributed by atoms with Crippen LogP contribution in [0.15, 0.2) is 18.2 Å². The molecule has 0 fully saturated rings. The lowest BCUT2D eigenvalue weighted by Gasteiger charge is -2.14. The SMILES string of the molecule is CCOC(C)CNc1ccc([N+](=O)[O-])cc1C(=O)O. The number of aromatic carboxylic acids is 1. The Bertz CT molecular complexity index is 475. The number of hydrogen-bond acceptors (Lipinski definition) is 5. The summed E-state index contributed by atoms with van der Waals surface area (Å²) in [4.78, 5) is 21.1. The number of benzene rings is 1. The van der Waals surface area contributed by atoms with Crippen LogP contribution in [0.25, 0.3) is 0 Å². The third-order valence-corrected chi connectivity index (χ3v) is 2.48. The second kappa shape index (κ2) is 6.69. The van der Waals surface area contributed by atoms with Gasteiger partial charge in [0.15, 0.2) is 0 Å². The first kappa shape index (κ1) is 14.9. The standard InChI is InChI=1S/C12H16N2O5/c1-3-19-8(2)7-13-11-5-4-9(14(17)18)6-10(11)12(15)16/h4-6,8,13H,3,7H2,1-2H3,(H,15,16). The van der Waals surface area contributed by atoms with E-state index in [0.29, 0.717) is 18.8 Å². The highest BCUT2D eigenvalue weighted by Crippen LogP contribution is 2.22. The highest BCUT2D eigenvalue weighted by Gasteiger charge is 2.16. The Kier molecular flexibility index (Phi) is 5.25. The molecule has 0 bridgehead atoms. The summed E-state index contributed by atoms with van der Waals surface area (Å²) in [5, 5.41) is 22.6. The number of anilines is 1. The number of rotatable bonds is 7. The van der Waals surface area contributed by atoms with Crippen LogP contribution in [0.5, 0.6) is 0 Å². The summed E-state index contributed by atoms with van der Waals surface area (Å²) in [5.41, 5.74) is -0.0386. The normalized spacial score (nSPS) is 11.9. The van der Waals surface area contributed by atoms with Crippen molar-refractivity contribution in [3.8, 4) is 0 Å². The predicted octanol–water partition coefficient (Wildman–Crippen LogP) is 2.13. The zero-order valence-corrected chi connectivity index (χ0v) is 10.8. The van der Waals surface area contributed by atoms with Gasteiger partial charge >= 0.3 is 5.97 Å². The molecular formula is C12H16N2O5.